The maximum Gasteiger partial charge on any atom is 0.320 e. The fraction of sp³-hybridized carbons (Fsp3) is 0.846. The molecule has 6 heteroatoms. The molecule has 0 aromatic carbocycles. The summed E-state index contributed by atoms with van der Waals surface area (Å²) in [6.45, 7) is 4.43. The summed E-state index contributed by atoms with van der Waals surface area (Å²) in [6, 6.07) is -0.0407. The first-order valence-electron chi connectivity index (χ1n) is 7.02. The van der Waals surface area contributed by atoms with Crippen LogP contribution >= 0.6 is 0 Å². The highest BCUT2D eigenvalue weighted by Crippen LogP contribution is 2.12. The number of nitrogens with zero attached hydrogens (tertiary/aromatic N) is 3. The number of likely N-dealkylation sites (N-methyl/N-ethyl adjacent to an activating group) is 2. The van der Waals surface area contributed by atoms with Crippen molar-refractivity contribution in [3.8, 4) is 0 Å². The lowest BCUT2D eigenvalue weighted by atomic mass is 9.99. The molecule has 6 nitrogen and oxygen atoms in total. The number of nitrogens with one attached hydrogen (secondary N) is 1. The van der Waals surface area contributed by atoms with E-state index < -0.39 is 0 Å². The molecule has 0 saturated carbocycles. The first-order chi connectivity index (χ1) is 9.08. The number of rotatable bonds is 4. The van der Waals surface area contributed by atoms with Crippen molar-refractivity contribution in [3.05, 3.63) is 0 Å². The van der Waals surface area contributed by atoms with Crippen LogP contribution in [-0.2, 0) is 4.79 Å². The molecular formula is C13H24N4O2. The maximum atomic E-state index is 12.1. The third kappa shape index (κ3) is 3.59. The summed E-state index contributed by atoms with van der Waals surface area (Å²) in [5, 5.41) is 3.36. The van der Waals surface area contributed by atoms with Crippen LogP contribution in [0.25, 0.3) is 0 Å². The van der Waals surface area contributed by atoms with Crippen molar-refractivity contribution in [2.75, 3.05) is 53.4 Å². The van der Waals surface area contributed by atoms with Gasteiger partial charge in [-0.25, -0.2) is 4.79 Å². The number of carbonyl (C=O) groups is 2. The van der Waals surface area contributed by atoms with Gasteiger partial charge in [-0.05, 0) is 31.8 Å². The summed E-state index contributed by atoms with van der Waals surface area (Å²) in [5.41, 5.74) is 0. The van der Waals surface area contributed by atoms with E-state index in [0.29, 0.717) is 19.0 Å². The Hall–Kier alpha value is -1.30. The average molecular weight is 268 g/mol. The van der Waals surface area contributed by atoms with Crippen LogP contribution in [0.2, 0.25) is 0 Å². The number of piperidine rings is 1. The highest BCUT2D eigenvalue weighted by molar-refractivity contribution is 5.84. The van der Waals surface area contributed by atoms with Crippen LogP contribution in [0, 0.1) is 5.92 Å². The van der Waals surface area contributed by atoms with Gasteiger partial charge in [0.15, 0.2) is 0 Å². The highest BCUT2D eigenvalue weighted by atomic mass is 16.2. The molecule has 2 heterocycles. The van der Waals surface area contributed by atoms with E-state index in [0.717, 1.165) is 19.6 Å². The quantitative estimate of drug-likeness (QED) is 0.769. The molecule has 0 aliphatic carbocycles. The van der Waals surface area contributed by atoms with Crippen molar-refractivity contribution in [1.29, 1.82) is 0 Å². The molecule has 1 atom stereocenters. The zero-order chi connectivity index (χ0) is 13.8. The number of urea groups is 1. The average Bonchev–Trinajstić information content (AvgIpc) is 2.72. The molecule has 108 valence electrons. The van der Waals surface area contributed by atoms with Crippen molar-refractivity contribution in [3.63, 3.8) is 0 Å². The third-order valence-corrected chi connectivity index (χ3v) is 3.99. The Morgan fingerprint density at radius 3 is 2.84 bits per heavy atom. The normalized spacial score (nSPS) is 23.9. The Bertz CT molecular complexity index is 342. The first kappa shape index (κ1) is 14.1. The largest absolute Gasteiger partial charge is 0.344 e. The predicted molar refractivity (Wildman–Crippen MR) is 72.8 cm³/mol. The standard InChI is InChI=1S/C13H24N4O2/c1-15-6-7-17(13(15)19)10-12(18)16(2)9-11-4-3-5-14-8-11/h11,14H,3-10H2,1-2H3/t11-/m1/s1. The molecule has 3 amide bonds. The van der Waals surface area contributed by atoms with E-state index in [1.54, 1.807) is 21.7 Å². The fourth-order valence-electron chi connectivity index (χ4n) is 2.70. The molecule has 19 heavy (non-hydrogen) atoms. The molecule has 2 aliphatic rings. The van der Waals surface area contributed by atoms with Gasteiger partial charge < -0.3 is 20.0 Å². The number of amides is 3. The number of hydrogen-bond donors (Lipinski definition) is 1. The smallest absolute Gasteiger partial charge is 0.320 e. The van der Waals surface area contributed by atoms with Gasteiger partial charge in [-0.3, -0.25) is 4.79 Å². The summed E-state index contributed by atoms with van der Waals surface area (Å²) in [7, 11) is 3.60. The van der Waals surface area contributed by atoms with Crippen LogP contribution in [0.4, 0.5) is 4.79 Å². The number of hydrogen-bond acceptors (Lipinski definition) is 3. The van der Waals surface area contributed by atoms with E-state index in [1.165, 1.54) is 12.8 Å². The SMILES string of the molecule is CN(C[C@@H]1CCCNC1)C(=O)CN1CCN(C)C1=O. The van der Waals surface area contributed by atoms with Crippen LogP contribution in [0.15, 0.2) is 0 Å². The van der Waals surface area contributed by atoms with Crippen LogP contribution in [0.1, 0.15) is 12.8 Å². The van der Waals surface area contributed by atoms with Crippen LogP contribution in [0.3, 0.4) is 0 Å². The van der Waals surface area contributed by atoms with Gasteiger partial charge in [0.05, 0.1) is 0 Å². The molecule has 0 radical (unpaired) electrons. The fourth-order valence-corrected chi connectivity index (χ4v) is 2.70. The molecule has 0 unspecified atom stereocenters. The van der Waals surface area contributed by atoms with E-state index in [-0.39, 0.29) is 18.5 Å². The van der Waals surface area contributed by atoms with Crippen molar-refractivity contribution in [2.45, 2.75) is 12.8 Å². The second kappa shape index (κ2) is 6.23. The van der Waals surface area contributed by atoms with Gasteiger partial charge in [0.25, 0.3) is 0 Å². The van der Waals surface area contributed by atoms with Crippen LogP contribution in [-0.4, -0.2) is 80.0 Å². The lowest BCUT2D eigenvalue weighted by molar-refractivity contribution is -0.131. The maximum absolute atomic E-state index is 12.1. The van der Waals surface area contributed by atoms with E-state index in [4.69, 9.17) is 0 Å². The summed E-state index contributed by atoms with van der Waals surface area (Å²) in [4.78, 5) is 28.9. The minimum absolute atomic E-state index is 0.0363. The summed E-state index contributed by atoms with van der Waals surface area (Å²) < 4.78 is 0. The molecular weight excluding hydrogens is 244 g/mol. The van der Waals surface area contributed by atoms with Crippen molar-refractivity contribution in [2.24, 2.45) is 5.92 Å². The highest BCUT2D eigenvalue weighted by Gasteiger charge is 2.28. The molecule has 0 bridgehead atoms. The molecule has 1 N–H and O–H groups in total. The monoisotopic (exact) mass is 268 g/mol. The van der Waals surface area contributed by atoms with Crippen molar-refractivity contribution < 1.29 is 9.59 Å². The van der Waals surface area contributed by atoms with Crippen LogP contribution in [0.5, 0.6) is 0 Å². The summed E-state index contributed by atoms with van der Waals surface area (Å²) in [6.07, 6.45) is 2.36. The zero-order valence-corrected chi connectivity index (χ0v) is 11.9. The van der Waals surface area contributed by atoms with E-state index in [1.807, 2.05) is 7.05 Å². The van der Waals surface area contributed by atoms with E-state index in [9.17, 15) is 9.59 Å². The zero-order valence-electron chi connectivity index (χ0n) is 11.9. The predicted octanol–water partition coefficient (Wildman–Crippen LogP) is -0.188. The van der Waals surface area contributed by atoms with Gasteiger partial charge in [-0.2, -0.15) is 0 Å². The van der Waals surface area contributed by atoms with Crippen molar-refractivity contribution >= 4 is 11.9 Å². The molecule has 2 fully saturated rings. The Labute approximate surface area is 114 Å². The van der Waals surface area contributed by atoms with Crippen LogP contribution < -0.4 is 5.32 Å². The summed E-state index contributed by atoms with van der Waals surface area (Å²) >= 11 is 0. The topological polar surface area (TPSA) is 55.9 Å². The number of carbonyl (C=O) groups excluding carboxylic acids is 2. The Morgan fingerprint density at radius 2 is 2.26 bits per heavy atom. The second-order valence-electron chi connectivity index (χ2n) is 5.61. The van der Waals surface area contributed by atoms with Crippen molar-refractivity contribution in [1.82, 2.24) is 20.0 Å². The van der Waals surface area contributed by atoms with E-state index in [2.05, 4.69) is 5.32 Å². The van der Waals surface area contributed by atoms with Gasteiger partial charge in [0.2, 0.25) is 5.91 Å². The lowest BCUT2D eigenvalue weighted by Crippen LogP contribution is -2.44. The Kier molecular flexibility index (Phi) is 4.63. The summed E-state index contributed by atoms with van der Waals surface area (Å²) in [5.74, 6) is 0.578. The van der Waals surface area contributed by atoms with Gasteiger partial charge in [0.1, 0.15) is 6.54 Å². The van der Waals surface area contributed by atoms with E-state index >= 15 is 0 Å². The molecule has 0 aromatic rings. The third-order valence-electron chi connectivity index (χ3n) is 3.99. The van der Waals surface area contributed by atoms with Gasteiger partial charge >= 0.3 is 6.03 Å². The van der Waals surface area contributed by atoms with Gasteiger partial charge in [-0.15, -0.1) is 0 Å². The van der Waals surface area contributed by atoms with Gasteiger partial charge in [-0.1, -0.05) is 0 Å². The molecule has 2 saturated heterocycles. The minimum Gasteiger partial charge on any atom is -0.344 e. The molecule has 0 aromatic heterocycles. The molecule has 0 spiro atoms. The van der Waals surface area contributed by atoms with Gasteiger partial charge in [0, 0.05) is 33.7 Å². The Morgan fingerprint density at radius 1 is 1.47 bits per heavy atom. The molecule has 2 aliphatic heterocycles. The first-order valence-corrected chi connectivity index (χ1v) is 7.02. The lowest BCUT2D eigenvalue weighted by Gasteiger charge is -2.28. The minimum atomic E-state index is -0.0407. The Balaban J connectivity index is 1.77. The second-order valence-corrected chi connectivity index (χ2v) is 5.61. The molecule has 2 rings (SSSR count).